The van der Waals surface area contributed by atoms with Crippen LogP contribution < -0.4 is 20.5 Å². The zero-order valence-electron chi connectivity index (χ0n) is 15.8. The van der Waals surface area contributed by atoms with E-state index >= 15 is 0 Å². The van der Waals surface area contributed by atoms with E-state index in [0.29, 0.717) is 28.8 Å². The molecule has 2 heterocycles. The van der Waals surface area contributed by atoms with Crippen LogP contribution in [0.4, 0.5) is 17.3 Å². The summed E-state index contributed by atoms with van der Waals surface area (Å²) >= 11 is 0. The molecule has 0 fully saturated rings. The van der Waals surface area contributed by atoms with Crippen molar-refractivity contribution in [2.75, 3.05) is 25.3 Å². The minimum Gasteiger partial charge on any atom is -0.497 e. The maximum atomic E-state index is 6.06. The lowest BCUT2D eigenvalue weighted by molar-refractivity contribution is 0.395. The Morgan fingerprint density at radius 3 is 2.54 bits per heavy atom. The zero-order chi connectivity index (χ0) is 19.7. The molecular weight excluding hydrogens is 356 g/mol. The normalized spacial score (nSPS) is 10.8. The summed E-state index contributed by atoms with van der Waals surface area (Å²) < 4.78 is 12.3. The van der Waals surface area contributed by atoms with Gasteiger partial charge >= 0.3 is 0 Å². The highest BCUT2D eigenvalue weighted by Gasteiger charge is 2.14. The van der Waals surface area contributed by atoms with Gasteiger partial charge in [0.25, 0.3) is 0 Å². The van der Waals surface area contributed by atoms with E-state index in [4.69, 9.17) is 15.2 Å². The second-order valence-corrected chi connectivity index (χ2v) is 6.23. The Morgan fingerprint density at radius 1 is 1.07 bits per heavy atom. The molecule has 3 N–H and O–H groups in total. The van der Waals surface area contributed by atoms with Crippen molar-refractivity contribution in [1.82, 2.24) is 19.6 Å². The van der Waals surface area contributed by atoms with Gasteiger partial charge in [0, 0.05) is 47.5 Å². The van der Waals surface area contributed by atoms with E-state index in [1.54, 1.807) is 37.2 Å². The van der Waals surface area contributed by atoms with Crippen molar-refractivity contribution >= 4 is 23.0 Å². The highest BCUT2D eigenvalue weighted by Crippen LogP contribution is 2.30. The average Bonchev–Trinajstić information content (AvgIpc) is 3.12. The van der Waals surface area contributed by atoms with Gasteiger partial charge in [0.1, 0.15) is 17.2 Å². The maximum absolute atomic E-state index is 6.06. The maximum Gasteiger partial charge on any atom is 0.247 e. The molecular formula is C20H20N6O2. The summed E-state index contributed by atoms with van der Waals surface area (Å²) in [6, 6.07) is 11.2. The van der Waals surface area contributed by atoms with Gasteiger partial charge in [-0.3, -0.25) is 4.98 Å². The SMILES string of the molecule is COc1cc(Nc2nc3c(-c4cccc(N)c4C)nccn3n2)cc(OC)c1. The highest BCUT2D eigenvalue weighted by molar-refractivity contribution is 5.79. The van der Waals surface area contributed by atoms with Gasteiger partial charge in [-0.05, 0) is 18.6 Å². The molecule has 0 radical (unpaired) electrons. The van der Waals surface area contributed by atoms with Gasteiger partial charge in [-0.25, -0.2) is 4.52 Å². The summed E-state index contributed by atoms with van der Waals surface area (Å²) in [6.45, 7) is 1.97. The molecule has 0 aliphatic rings. The molecule has 8 heteroatoms. The third kappa shape index (κ3) is 3.16. The third-order valence-electron chi connectivity index (χ3n) is 4.49. The predicted molar refractivity (Wildman–Crippen MR) is 108 cm³/mol. The second kappa shape index (κ2) is 7.07. The van der Waals surface area contributed by atoms with Crippen molar-refractivity contribution in [3.05, 3.63) is 54.4 Å². The van der Waals surface area contributed by atoms with Gasteiger partial charge in [-0.1, -0.05) is 12.1 Å². The number of nitrogen functional groups attached to an aromatic ring is 1. The van der Waals surface area contributed by atoms with Crippen LogP contribution in [0.3, 0.4) is 0 Å². The van der Waals surface area contributed by atoms with Gasteiger partial charge in [-0.2, -0.15) is 4.98 Å². The van der Waals surface area contributed by atoms with Crippen molar-refractivity contribution in [3.63, 3.8) is 0 Å². The number of nitrogens with one attached hydrogen (secondary N) is 1. The monoisotopic (exact) mass is 376 g/mol. The Labute approximate surface area is 162 Å². The Bertz CT molecular complexity index is 1130. The van der Waals surface area contributed by atoms with Gasteiger partial charge in [-0.15, -0.1) is 5.10 Å². The molecule has 0 unspecified atom stereocenters. The molecule has 0 saturated carbocycles. The lowest BCUT2D eigenvalue weighted by Gasteiger charge is -2.08. The summed E-state index contributed by atoms with van der Waals surface area (Å²) in [5.41, 5.74) is 10.8. The molecule has 28 heavy (non-hydrogen) atoms. The Hall–Kier alpha value is -3.81. The fourth-order valence-electron chi connectivity index (χ4n) is 2.98. The molecule has 0 aliphatic carbocycles. The predicted octanol–water partition coefficient (Wildman–Crippen LogP) is 3.44. The van der Waals surface area contributed by atoms with Gasteiger partial charge in [0.15, 0.2) is 5.65 Å². The quantitative estimate of drug-likeness (QED) is 0.515. The van der Waals surface area contributed by atoms with E-state index < -0.39 is 0 Å². The van der Waals surface area contributed by atoms with Crippen LogP contribution in [0.15, 0.2) is 48.8 Å². The molecule has 0 aliphatic heterocycles. The lowest BCUT2D eigenvalue weighted by atomic mass is 10.0. The van der Waals surface area contributed by atoms with E-state index in [1.165, 1.54) is 0 Å². The minimum absolute atomic E-state index is 0.436. The van der Waals surface area contributed by atoms with Crippen molar-refractivity contribution in [2.24, 2.45) is 0 Å². The first-order valence-electron chi connectivity index (χ1n) is 8.66. The molecule has 2 aromatic carbocycles. The molecule has 0 saturated heterocycles. The first-order chi connectivity index (χ1) is 13.6. The molecule has 0 spiro atoms. The van der Waals surface area contributed by atoms with Crippen molar-refractivity contribution < 1.29 is 9.47 Å². The van der Waals surface area contributed by atoms with Crippen molar-refractivity contribution in [1.29, 1.82) is 0 Å². The number of methoxy groups -OCH3 is 2. The summed E-state index contributed by atoms with van der Waals surface area (Å²) in [4.78, 5) is 9.13. The Kier molecular flexibility index (Phi) is 4.44. The van der Waals surface area contributed by atoms with Crippen LogP contribution in [-0.2, 0) is 0 Å². The number of ether oxygens (including phenoxy) is 2. The minimum atomic E-state index is 0.436. The Morgan fingerprint density at radius 2 is 1.82 bits per heavy atom. The zero-order valence-corrected chi connectivity index (χ0v) is 15.8. The summed E-state index contributed by atoms with van der Waals surface area (Å²) in [5, 5.41) is 7.69. The van der Waals surface area contributed by atoms with Crippen LogP contribution in [0.5, 0.6) is 11.5 Å². The van der Waals surface area contributed by atoms with Crippen LogP contribution in [0.25, 0.3) is 16.9 Å². The summed E-state index contributed by atoms with van der Waals surface area (Å²) in [6.07, 6.45) is 3.45. The van der Waals surface area contributed by atoms with Crippen LogP contribution in [0, 0.1) is 6.92 Å². The van der Waals surface area contributed by atoms with Crippen LogP contribution in [0.2, 0.25) is 0 Å². The number of anilines is 3. The molecule has 0 atom stereocenters. The smallest absolute Gasteiger partial charge is 0.247 e. The number of hydrogen-bond acceptors (Lipinski definition) is 7. The van der Waals surface area contributed by atoms with E-state index in [9.17, 15) is 0 Å². The van der Waals surface area contributed by atoms with Crippen molar-refractivity contribution in [2.45, 2.75) is 6.92 Å². The first kappa shape index (κ1) is 17.6. The number of hydrogen-bond donors (Lipinski definition) is 2. The Balaban J connectivity index is 1.76. The molecule has 142 valence electrons. The first-order valence-corrected chi connectivity index (χ1v) is 8.66. The fourth-order valence-corrected chi connectivity index (χ4v) is 2.98. The molecule has 4 rings (SSSR count). The number of nitrogens with zero attached hydrogens (tertiary/aromatic N) is 4. The average molecular weight is 376 g/mol. The second-order valence-electron chi connectivity index (χ2n) is 6.23. The number of aromatic nitrogens is 4. The van der Waals surface area contributed by atoms with Crippen LogP contribution in [0.1, 0.15) is 5.56 Å². The van der Waals surface area contributed by atoms with Gasteiger partial charge in [0.05, 0.1) is 14.2 Å². The van der Waals surface area contributed by atoms with E-state index in [-0.39, 0.29) is 0 Å². The van der Waals surface area contributed by atoms with Crippen LogP contribution >= 0.6 is 0 Å². The number of nitrogens with two attached hydrogens (primary N) is 1. The molecule has 0 amide bonds. The molecule has 4 aromatic rings. The largest absolute Gasteiger partial charge is 0.497 e. The van der Waals surface area contributed by atoms with Crippen molar-refractivity contribution in [3.8, 4) is 22.8 Å². The molecule has 8 nitrogen and oxygen atoms in total. The fraction of sp³-hybridized carbons (Fsp3) is 0.150. The molecule has 0 bridgehead atoms. The lowest BCUT2D eigenvalue weighted by Crippen LogP contribution is -1.97. The number of fused-ring (bicyclic) bond motifs is 1. The topological polar surface area (TPSA) is 99.6 Å². The highest BCUT2D eigenvalue weighted by atomic mass is 16.5. The third-order valence-corrected chi connectivity index (χ3v) is 4.49. The van der Waals surface area contributed by atoms with Gasteiger partial charge < -0.3 is 20.5 Å². The number of benzene rings is 2. The van der Waals surface area contributed by atoms with Crippen LogP contribution in [-0.4, -0.2) is 33.8 Å². The van der Waals surface area contributed by atoms with E-state index in [0.717, 1.165) is 22.5 Å². The van der Waals surface area contributed by atoms with Gasteiger partial charge in [0.2, 0.25) is 5.95 Å². The standard InChI is InChI=1S/C20H20N6O2/c1-12-16(5-4-6-17(12)21)18-19-24-20(25-26(19)8-7-22-18)23-13-9-14(27-2)11-15(10-13)28-3/h4-11H,21H2,1-3H3,(H,23,25). The number of rotatable bonds is 5. The van der Waals surface area contributed by atoms with E-state index in [2.05, 4.69) is 20.4 Å². The summed E-state index contributed by atoms with van der Waals surface area (Å²) in [5.74, 6) is 1.78. The van der Waals surface area contributed by atoms with E-state index in [1.807, 2.05) is 37.3 Å². The molecule has 2 aromatic heterocycles. The summed E-state index contributed by atoms with van der Waals surface area (Å²) in [7, 11) is 3.21.